The Morgan fingerprint density at radius 3 is 2.53 bits per heavy atom. The third-order valence-corrected chi connectivity index (χ3v) is 3.41. The van der Waals surface area contributed by atoms with Crippen LogP contribution in [0.25, 0.3) is 0 Å². The molecule has 2 aromatic rings. The Balaban J connectivity index is 2.38. The predicted molar refractivity (Wildman–Crippen MR) is 75.2 cm³/mol. The van der Waals surface area contributed by atoms with Crippen molar-refractivity contribution in [3.63, 3.8) is 0 Å². The highest BCUT2D eigenvalue weighted by Crippen LogP contribution is 2.30. The molecule has 2 nitrogen and oxygen atoms in total. The zero-order valence-corrected chi connectivity index (χ0v) is 11.5. The van der Waals surface area contributed by atoms with E-state index in [9.17, 15) is 4.39 Å². The van der Waals surface area contributed by atoms with E-state index in [1.165, 1.54) is 6.07 Å². The van der Waals surface area contributed by atoms with Gasteiger partial charge in [0.2, 0.25) is 0 Å². The molecule has 0 aliphatic rings. The van der Waals surface area contributed by atoms with Gasteiger partial charge in [-0.3, -0.25) is 0 Å². The summed E-state index contributed by atoms with van der Waals surface area (Å²) in [5.74, 6) is 0.438. The summed E-state index contributed by atoms with van der Waals surface area (Å²) < 4.78 is 18.4. The van der Waals surface area contributed by atoms with Gasteiger partial charge in [-0.15, -0.1) is 0 Å². The smallest absolute Gasteiger partial charge is 0.126 e. The number of rotatable bonds is 3. The number of hydrogen-bond donors (Lipinski definition) is 1. The fourth-order valence-electron chi connectivity index (χ4n) is 1.93. The average molecular weight is 280 g/mol. The van der Waals surface area contributed by atoms with Gasteiger partial charge in [0.25, 0.3) is 0 Å². The van der Waals surface area contributed by atoms with E-state index < -0.39 is 6.04 Å². The third-order valence-electron chi connectivity index (χ3n) is 3.08. The molecule has 2 N–H and O–H groups in total. The Bertz CT molecular complexity index is 601. The van der Waals surface area contributed by atoms with Gasteiger partial charge in [0, 0.05) is 5.02 Å². The molecule has 100 valence electrons. The lowest BCUT2D eigenvalue weighted by molar-refractivity contribution is 0.414. The van der Waals surface area contributed by atoms with Crippen LogP contribution in [0.5, 0.6) is 5.75 Å². The number of aryl methyl sites for hydroxylation is 1. The number of ether oxygens (including phenoxy) is 1. The highest BCUT2D eigenvalue weighted by molar-refractivity contribution is 6.31. The fourth-order valence-corrected chi connectivity index (χ4v) is 2.22. The van der Waals surface area contributed by atoms with Gasteiger partial charge >= 0.3 is 0 Å². The molecule has 2 rings (SSSR count). The number of halogens is 2. The fraction of sp³-hybridized carbons (Fsp3) is 0.200. The van der Waals surface area contributed by atoms with Gasteiger partial charge in [-0.05, 0) is 41.8 Å². The van der Waals surface area contributed by atoms with Crippen LogP contribution in [-0.2, 0) is 0 Å². The highest BCUT2D eigenvalue weighted by Gasteiger charge is 2.14. The SMILES string of the molecule is COc1ccc(C(N)c2ccc(F)c(C)c2)c(Cl)c1. The Labute approximate surface area is 117 Å². The van der Waals surface area contributed by atoms with Crippen molar-refractivity contribution in [3.05, 3.63) is 63.9 Å². The van der Waals surface area contributed by atoms with E-state index in [0.29, 0.717) is 16.3 Å². The Hall–Kier alpha value is -1.58. The first-order valence-corrected chi connectivity index (χ1v) is 6.26. The summed E-state index contributed by atoms with van der Waals surface area (Å²) in [5.41, 5.74) is 8.36. The summed E-state index contributed by atoms with van der Waals surface area (Å²) in [6.07, 6.45) is 0. The second-order valence-electron chi connectivity index (χ2n) is 4.37. The lowest BCUT2D eigenvalue weighted by Crippen LogP contribution is -2.12. The Morgan fingerprint density at radius 2 is 1.95 bits per heavy atom. The van der Waals surface area contributed by atoms with Crippen LogP contribution < -0.4 is 10.5 Å². The molecule has 0 radical (unpaired) electrons. The number of methoxy groups -OCH3 is 1. The van der Waals surface area contributed by atoms with Crippen LogP contribution in [-0.4, -0.2) is 7.11 Å². The van der Waals surface area contributed by atoms with Gasteiger partial charge < -0.3 is 10.5 Å². The highest BCUT2D eigenvalue weighted by atomic mass is 35.5. The van der Waals surface area contributed by atoms with Gasteiger partial charge in [0.15, 0.2) is 0 Å². The largest absolute Gasteiger partial charge is 0.497 e. The number of hydrogen-bond acceptors (Lipinski definition) is 2. The lowest BCUT2D eigenvalue weighted by atomic mass is 9.98. The summed E-state index contributed by atoms with van der Waals surface area (Å²) >= 11 is 6.19. The molecular weight excluding hydrogens is 265 g/mol. The molecule has 0 aliphatic heterocycles. The van der Waals surface area contributed by atoms with E-state index in [1.54, 1.807) is 38.3 Å². The van der Waals surface area contributed by atoms with Gasteiger partial charge in [-0.1, -0.05) is 29.8 Å². The van der Waals surface area contributed by atoms with Crippen molar-refractivity contribution in [1.82, 2.24) is 0 Å². The Morgan fingerprint density at radius 1 is 1.21 bits per heavy atom. The van der Waals surface area contributed by atoms with E-state index >= 15 is 0 Å². The quantitative estimate of drug-likeness (QED) is 0.926. The molecule has 0 aromatic heterocycles. The molecule has 4 heteroatoms. The standard InChI is InChI=1S/C15H15ClFNO/c1-9-7-10(3-6-14(9)17)15(18)12-5-4-11(19-2)8-13(12)16/h3-8,15H,18H2,1-2H3. The molecule has 0 amide bonds. The summed E-state index contributed by atoms with van der Waals surface area (Å²) in [7, 11) is 1.58. The maximum Gasteiger partial charge on any atom is 0.126 e. The molecule has 0 fully saturated rings. The summed E-state index contributed by atoms with van der Waals surface area (Å²) in [6.45, 7) is 1.71. The van der Waals surface area contributed by atoms with Crippen LogP contribution in [0, 0.1) is 12.7 Å². The van der Waals surface area contributed by atoms with Crippen molar-refractivity contribution < 1.29 is 9.13 Å². The minimum Gasteiger partial charge on any atom is -0.497 e. The minimum absolute atomic E-state index is 0.239. The molecule has 19 heavy (non-hydrogen) atoms. The minimum atomic E-state index is -0.391. The molecule has 1 atom stereocenters. The Kier molecular flexibility index (Phi) is 4.08. The van der Waals surface area contributed by atoms with Crippen molar-refractivity contribution in [2.24, 2.45) is 5.73 Å². The van der Waals surface area contributed by atoms with Crippen molar-refractivity contribution in [1.29, 1.82) is 0 Å². The molecule has 0 saturated carbocycles. The van der Waals surface area contributed by atoms with Crippen LogP contribution in [0.4, 0.5) is 4.39 Å². The normalized spacial score (nSPS) is 12.3. The molecule has 1 unspecified atom stereocenters. The second kappa shape index (κ2) is 5.59. The number of nitrogens with two attached hydrogens (primary N) is 1. The maximum atomic E-state index is 13.3. The van der Waals surface area contributed by atoms with Gasteiger partial charge in [0.1, 0.15) is 11.6 Å². The zero-order valence-electron chi connectivity index (χ0n) is 10.8. The molecule has 0 spiro atoms. The lowest BCUT2D eigenvalue weighted by Gasteiger charge is -2.15. The molecule has 0 heterocycles. The summed E-state index contributed by atoms with van der Waals surface area (Å²) in [6, 6.07) is 9.78. The van der Waals surface area contributed by atoms with Crippen LogP contribution >= 0.6 is 11.6 Å². The monoisotopic (exact) mass is 279 g/mol. The number of benzene rings is 2. The van der Waals surface area contributed by atoms with Gasteiger partial charge in [-0.25, -0.2) is 4.39 Å². The maximum absolute atomic E-state index is 13.3. The summed E-state index contributed by atoms with van der Waals surface area (Å²) in [5, 5.41) is 0.536. The second-order valence-corrected chi connectivity index (χ2v) is 4.78. The first kappa shape index (κ1) is 13.8. The van der Waals surface area contributed by atoms with Gasteiger partial charge in [-0.2, -0.15) is 0 Å². The molecule has 0 bridgehead atoms. The molecular formula is C15H15ClFNO. The van der Waals surface area contributed by atoms with E-state index in [4.69, 9.17) is 22.1 Å². The molecule has 0 aliphatic carbocycles. The van der Waals surface area contributed by atoms with E-state index in [2.05, 4.69) is 0 Å². The topological polar surface area (TPSA) is 35.2 Å². The van der Waals surface area contributed by atoms with Crippen molar-refractivity contribution in [2.45, 2.75) is 13.0 Å². The van der Waals surface area contributed by atoms with E-state index in [1.807, 2.05) is 6.07 Å². The van der Waals surface area contributed by atoms with E-state index in [-0.39, 0.29) is 5.82 Å². The van der Waals surface area contributed by atoms with Crippen LogP contribution in [0.2, 0.25) is 5.02 Å². The third kappa shape index (κ3) is 2.88. The van der Waals surface area contributed by atoms with Crippen molar-refractivity contribution in [3.8, 4) is 5.75 Å². The molecule has 0 saturated heterocycles. The van der Waals surface area contributed by atoms with Crippen molar-refractivity contribution in [2.75, 3.05) is 7.11 Å². The zero-order chi connectivity index (χ0) is 14.0. The van der Waals surface area contributed by atoms with Crippen molar-refractivity contribution >= 4 is 11.6 Å². The average Bonchev–Trinajstić information content (AvgIpc) is 2.41. The molecule has 2 aromatic carbocycles. The summed E-state index contributed by atoms with van der Waals surface area (Å²) in [4.78, 5) is 0. The van der Waals surface area contributed by atoms with Crippen LogP contribution in [0.15, 0.2) is 36.4 Å². The van der Waals surface area contributed by atoms with Crippen LogP contribution in [0.1, 0.15) is 22.7 Å². The van der Waals surface area contributed by atoms with Crippen LogP contribution in [0.3, 0.4) is 0 Å². The first-order chi connectivity index (χ1) is 9.02. The first-order valence-electron chi connectivity index (χ1n) is 5.88. The van der Waals surface area contributed by atoms with Gasteiger partial charge in [0.05, 0.1) is 13.2 Å². The predicted octanol–water partition coefficient (Wildman–Crippen LogP) is 3.84. The van der Waals surface area contributed by atoms with E-state index in [0.717, 1.165) is 11.1 Å².